The van der Waals surface area contributed by atoms with Crippen molar-refractivity contribution in [1.29, 1.82) is 0 Å². The number of benzene rings is 2. The zero-order chi connectivity index (χ0) is 17.4. The summed E-state index contributed by atoms with van der Waals surface area (Å²) in [6.07, 6.45) is 1.01. The number of nitrogens with zero attached hydrogens (tertiary/aromatic N) is 2. The second kappa shape index (κ2) is 6.42. The molecular weight excluding hydrogens is 398 g/mol. The number of halogens is 1. The van der Waals surface area contributed by atoms with Crippen molar-refractivity contribution in [2.45, 2.75) is 12.0 Å². The molecule has 1 unspecified atom stereocenters. The van der Waals surface area contributed by atoms with Gasteiger partial charge in [0.25, 0.3) is 0 Å². The number of ether oxygens (including phenoxy) is 1. The fourth-order valence-electron chi connectivity index (χ4n) is 3.55. The van der Waals surface area contributed by atoms with E-state index in [1.807, 2.05) is 24.3 Å². The number of amidine groups is 1. The molecule has 128 valence electrons. The van der Waals surface area contributed by atoms with E-state index >= 15 is 0 Å². The summed E-state index contributed by atoms with van der Waals surface area (Å²) in [5.74, 6) is 1.78. The van der Waals surface area contributed by atoms with Crippen LogP contribution in [0.1, 0.15) is 17.5 Å². The number of methoxy groups -OCH3 is 1. The van der Waals surface area contributed by atoms with Gasteiger partial charge in [-0.2, -0.15) is 0 Å². The van der Waals surface area contributed by atoms with Gasteiger partial charge in [0.2, 0.25) is 0 Å². The Morgan fingerprint density at radius 1 is 1.20 bits per heavy atom. The van der Waals surface area contributed by atoms with Crippen molar-refractivity contribution in [1.82, 2.24) is 10.2 Å². The molecule has 0 amide bonds. The van der Waals surface area contributed by atoms with Gasteiger partial charge in [0, 0.05) is 17.6 Å². The van der Waals surface area contributed by atoms with Gasteiger partial charge >= 0.3 is 0 Å². The zero-order valence-corrected chi connectivity index (χ0v) is 16.2. The van der Waals surface area contributed by atoms with Gasteiger partial charge in [0.1, 0.15) is 17.1 Å². The predicted molar refractivity (Wildman–Crippen MR) is 107 cm³/mol. The first-order valence-corrected chi connectivity index (χ1v) is 9.40. The molecule has 0 aliphatic carbocycles. The van der Waals surface area contributed by atoms with Gasteiger partial charge in [-0.1, -0.05) is 40.2 Å². The van der Waals surface area contributed by atoms with Crippen LogP contribution in [0.5, 0.6) is 5.75 Å². The second-order valence-electron chi connectivity index (χ2n) is 6.13. The average Bonchev–Trinajstić information content (AvgIpc) is 2.96. The average molecular weight is 416 g/mol. The van der Waals surface area contributed by atoms with Crippen LogP contribution in [-0.2, 0) is 5.54 Å². The van der Waals surface area contributed by atoms with Crippen molar-refractivity contribution in [3.63, 3.8) is 0 Å². The van der Waals surface area contributed by atoms with E-state index in [4.69, 9.17) is 21.9 Å². The van der Waals surface area contributed by atoms with Crippen molar-refractivity contribution in [2.75, 3.05) is 20.2 Å². The van der Waals surface area contributed by atoms with Gasteiger partial charge < -0.3 is 15.0 Å². The van der Waals surface area contributed by atoms with Gasteiger partial charge in [0.15, 0.2) is 5.11 Å². The third-order valence-electron chi connectivity index (χ3n) is 4.69. The van der Waals surface area contributed by atoms with Crippen LogP contribution in [-0.4, -0.2) is 36.0 Å². The van der Waals surface area contributed by atoms with E-state index in [1.165, 1.54) is 0 Å². The van der Waals surface area contributed by atoms with E-state index in [2.05, 4.69) is 50.4 Å². The van der Waals surface area contributed by atoms with Gasteiger partial charge in [-0.15, -0.1) is 0 Å². The predicted octanol–water partition coefficient (Wildman–Crippen LogP) is 3.69. The molecule has 1 saturated heterocycles. The Labute approximate surface area is 161 Å². The van der Waals surface area contributed by atoms with Gasteiger partial charge in [-0.05, 0) is 54.0 Å². The number of aliphatic imine (C=N–C) groups is 1. The van der Waals surface area contributed by atoms with Crippen LogP contribution in [0, 0.1) is 0 Å². The minimum Gasteiger partial charge on any atom is -0.497 e. The summed E-state index contributed by atoms with van der Waals surface area (Å²) in [5, 5.41) is 4.29. The molecule has 2 heterocycles. The van der Waals surface area contributed by atoms with E-state index in [0.29, 0.717) is 0 Å². The monoisotopic (exact) mass is 415 g/mol. The first kappa shape index (κ1) is 16.5. The lowest BCUT2D eigenvalue weighted by molar-refractivity contribution is 0.413. The van der Waals surface area contributed by atoms with Crippen molar-refractivity contribution >= 4 is 39.1 Å². The lowest BCUT2D eigenvalue weighted by atomic mass is 9.82. The van der Waals surface area contributed by atoms with E-state index < -0.39 is 5.54 Å². The van der Waals surface area contributed by atoms with Crippen LogP contribution in [0.15, 0.2) is 58.0 Å². The lowest BCUT2D eigenvalue weighted by Gasteiger charge is -2.33. The maximum Gasteiger partial charge on any atom is 0.175 e. The summed E-state index contributed by atoms with van der Waals surface area (Å²) >= 11 is 9.25. The molecule has 0 saturated carbocycles. The molecule has 25 heavy (non-hydrogen) atoms. The van der Waals surface area contributed by atoms with Crippen molar-refractivity contribution in [3.8, 4) is 5.75 Å². The molecule has 0 bridgehead atoms. The van der Waals surface area contributed by atoms with Crippen LogP contribution >= 0.6 is 28.1 Å². The lowest BCUT2D eigenvalue weighted by Crippen LogP contribution is -2.46. The molecule has 4 nitrogen and oxygen atoms in total. The number of thiocarbonyl (C=S) groups is 1. The van der Waals surface area contributed by atoms with Crippen LogP contribution in [0.4, 0.5) is 0 Å². The molecule has 0 radical (unpaired) electrons. The summed E-state index contributed by atoms with van der Waals surface area (Å²) in [6.45, 7) is 1.71. The molecule has 1 N–H and O–H groups in total. The number of nitrogens with one attached hydrogen (secondary N) is 1. The minimum atomic E-state index is -0.601. The highest BCUT2D eigenvalue weighted by molar-refractivity contribution is 9.10. The van der Waals surface area contributed by atoms with E-state index in [-0.39, 0.29) is 0 Å². The highest BCUT2D eigenvalue weighted by Crippen LogP contribution is 2.39. The fourth-order valence-corrected chi connectivity index (χ4v) is 4.28. The summed E-state index contributed by atoms with van der Waals surface area (Å²) in [7, 11) is 1.68. The molecule has 2 aromatic carbocycles. The number of hydrogen-bond acceptors (Lipinski definition) is 3. The highest BCUT2D eigenvalue weighted by Gasteiger charge is 2.50. The molecule has 2 aliphatic heterocycles. The molecule has 2 aromatic rings. The Kier molecular flexibility index (Phi) is 4.25. The minimum absolute atomic E-state index is 0.601. The molecule has 1 atom stereocenters. The fraction of sp³-hybridized carbons (Fsp3) is 0.263. The molecule has 0 aromatic heterocycles. The maximum atomic E-state index is 5.65. The van der Waals surface area contributed by atoms with Crippen LogP contribution in [0.2, 0.25) is 0 Å². The van der Waals surface area contributed by atoms with Crippen molar-refractivity contribution in [2.24, 2.45) is 4.99 Å². The van der Waals surface area contributed by atoms with Gasteiger partial charge in [-0.3, -0.25) is 4.99 Å². The first-order valence-electron chi connectivity index (χ1n) is 8.20. The summed E-state index contributed by atoms with van der Waals surface area (Å²) in [6, 6.07) is 16.4. The largest absolute Gasteiger partial charge is 0.497 e. The van der Waals surface area contributed by atoms with Gasteiger partial charge in [0.05, 0.1) is 7.11 Å². The maximum absolute atomic E-state index is 5.65. The zero-order valence-electron chi connectivity index (χ0n) is 13.8. The third-order valence-corrected chi connectivity index (χ3v) is 5.51. The highest BCUT2D eigenvalue weighted by atomic mass is 79.9. The second-order valence-corrected chi connectivity index (χ2v) is 7.44. The Morgan fingerprint density at radius 2 is 1.96 bits per heavy atom. The normalized spacial score (nSPS) is 22.2. The molecule has 2 aliphatic rings. The third kappa shape index (κ3) is 2.64. The molecular formula is C19H18BrN3OS. The van der Waals surface area contributed by atoms with Crippen LogP contribution in [0.25, 0.3) is 0 Å². The number of fused-ring (bicyclic) bond motifs is 1. The summed E-state index contributed by atoms with van der Waals surface area (Å²) in [4.78, 5) is 6.99. The van der Waals surface area contributed by atoms with E-state index in [0.717, 1.165) is 51.8 Å². The van der Waals surface area contributed by atoms with E-state index in [9.17, 15) is 0 Å². The Morgan fingerprint density at radius 3 is 2.72 bits per heavy atom. The topological polar surface area (TPSA) is 36.9 Å². The molecule has 6 heteroatoms. The standard InChI is InChI=1S/C19H18BrN3OS/c1-24-16-8-3-6-14(12-16)19(13-5-2-7-15(20)11-13)17-21-9-4-10-23(17)18(25)22-19/h2-3,5-8,11-12H,4,9-10H2,1H3,(H,22,25). The number of rotatable bonds is 3. The Hall–Kier alpha value is -1.92. The Bertz CT molecular complexity index is 869. The van der Waals surface area contributed by atoms with E-state index in [1.54, 1.807) is 7.11 Å². The van der Waals surface area contributed by atoms with Crippen LogP contribution < -0.4 is 10.1 Å². The number of hydrogen-bond donors (Lipinski definition) is 1. The smallest absolute Gasteiger partial charge is 0.175 e. The SMILES string of the molecule is COc1cccc(C2(c3cccc(Br)c3)NC(=S)N3CCCN=C32)c1. The van der Waals surface area contributed by atoms with Gasteiger partial charge in [-0.25, -0.2) is 0 Å². The van der Waals surface area contributed by atoms with Crippen LogP contribution in [0.3, 0.4) is 0 Å². The molecule has 0 spiro atoms. The van der Waals surface area contributed by atoms with Crippen molar-refractivity contribution in [3.05, 3.63) is 64.1 Å². The summed E-state index contributed by atoms with van der Waals surface area (Å²) < 4.78 is 6.48. The van der Waals surface area contributed by atoms with Crippen molar-refractivity contribution < 1.29 is 4.74 Å². The summed E-state index contributed by atoms with van der Waals surface area (Å²) in [5.41, 5.74) is 1.56. The molecule has 4 rings (SSSR count). The Balaban J connectivity index is 1.99. The first-order chi connectivity index (χ1) is 12.1. The quantitative estimate of drug-likeness (QED) is 0.775. The molecule has 1 fully saturated rings.